The molecule has 2 aliphatic rings. The van der Waals surface area contributed by atoms with Crippen LogP contribution in [0.3, 0.4) is 0 Å². The molecule has 2 fully saturated rings. The minimum Gasteiger partial charge on any atom is -0.388 e. The van der Waals surface area contributed by atoms with Gasteiger partial charge in [0.15, 0.2) is 0 Å². The zero-order chi connectivity index (χ0) is 11.7. The number of nitrogens with zero attached hydrogens (tertiary/aromatic N) is 1. The third kappa shape index (κ3) is 2.74. The van der Waals surface area contributed by atoms with Gasteiger partial charge < -0.3 is 9.67 Å². The van der Waals surface area contributed by atoms with Gasteiger partial charge in [-0.25, -0.2) is 0 Å². The Kier molecular flexibility index (Phi) is 3.24. The molecule has 1 aromatic rings. The van der Waals surface area contributed by atoms with Crippen LogP contribution in [-0.4, -0.2) is 9.67 Å². The summed E-state index contributed by atoms with van der Waals surface area (Å²) in [6.07, 6.45) is 13.5. The first kappa shape index (κ1) is 11.3. The van der Waals surface area contributed by atoms with E-state index in [-0.39, 0.29) is 6.10 Å². The van der Waals surface area contributed by atoms with Gasteiger partial charge in [0.2, 0.25) is 0 Å². The Labute approximate surface area is 104 Å². The van der Waals surface area contributed by atoms with Crippen molar-refractivity contribution in [3.8, 4) is 0 Å². The third-order valence-corrected chi connectivity index (χ3v) is 4.45. The molecule has 0 radical (unpaired) electrons. The highest BCUT2D eigenvalue weighted by Crippen LogP contribution is 2.40. The number of aliphatic hydroxyl groups excluding tert-OH is 1. The molecule has 0 aromatic carbocycles. The summed E-state index contributed by atoms with van der Waals surface area (Å²) in [4.78, 5) is 0. The summed E-state index contributed by atoms with van der Waals surface area (Å²) in [6, 6.07) is 2.09. The van der Waals surface area contributed by atoms with E-state index in [0.29, 0.717) is 5.92 Å². The Morgan fingerprint density at radius 2 is 2.00 bits per heavy atom. The van der Waals surface area contributed by atoms with Crippen LogP contribution in [0.5, 0.6) is 0 Å². The minimum atomic E-state index is -0.206. The van der Waals surface area contributed by atoms with Gasteiger partial charge >= 0.3 is 0 Å². The summed E-state index contributed by atoms with van der Waals surface area (Å²) in [6.45, 7) is 1.13. The SMILES string of the molecule is OC(c1ccn(CCC2CCCC2)c1)C1CC1. The summed E-state index contributed by atoms with van der Waals surface area (Å²) >= 11 is 0. The molecule has 17 heavy (non-hydrogen) atoms. The van der Waals surface area contributed by atoms with Gasteiger partial charge in [-0.1, -0.05) is 25.7 Å². The Morgan fingerprint density at radius 1 is 1.24 bits per heavy atom. The second-order valence-corrected chi connectivity index (χ2v) is 5.90. The summed E-state index contributed by atoms with van der Waals surface area (Å²) < 4.78 is 2.26. The van der Waals surface area contributed by atoms with E-state index in [2.05, 4.69) is 23.0 Å². The summed E-state index contributed by atoms with van der Waals surface area (Å²) in [5.74, 6) is 1.50. The molecule has 1 N–H and O–H groups in total. The molecule has 1 unspecified atom stereocenters. The molecule has 2 aliphatic carbocycles. The summed E-state index contributed by atoms with van der Waals surface area (Å²) in [7, 11) is 0. The monoisotopic (exact) mass is 233 g/mol. The molecular weight excluding hydrogens is 210 g/mol. The maximum atomic E-state index is 10.0. The normalized spacial score (nSPS) is 23.1. The van der Waals surface area contributed by atoms with E-state index in [1.807, 2.05) is 0 Å². The Hall–Kier alpha value is -0.760. The molecule has 1 heterocycles. The Bertz CT molecular complexity index is 361. The van der Waals surface area contributed by atoms with Gasteiger partial charge in [-0.2, -0.15) is 0 Å². The van der Waals surface area contributed by atoms with Gasteiger partial charge in [0.25, 0.3) is 0 Å². The Morgan fingerprint density at radius 3 is 2.71 bits per heavy atom. The second kappa shape index (κ2) is 4.85. The van der Waals surface area contributed by atoms with Crippen LogP contribution in [0.15, 0.2) is 18.5 Å². The van der Waals surface area contributed by atoms with E-state index in [9.17, 15) is 5.11 Å². The smallest absolute Gasteiger partial charge is 0.0832 e. The van der Waals surface area contributed by atoms with Crippen LogP contribution >= 0.6 is 0 Å². The number of hydrogen-bond acceptors (Lipinski definition) is 1. The topological polar surface area (TPSA) is 25.2 Å². The van der Waals surface area contributed by atoms with Crippen LogP contribution in [0.4, 0.5) is 0 Å². The van der Waals surface area contributed by atoms with E-state index in [4.69, 9.17) is 0 Å². The van der Waals surface area contributed by atoms with Gasteiger partial charge in [0.1, 0.15) is 0 Å². The van der Waals surface area contributed by atoms with E-state index in [1.165, 1.54) is 44.9 Å². The van der Waals surface area contributed by atoms with Crippen molar-refractivity contribution in [1.82, 2.24) is 4.57 Å². The molecule has 1 aromatic heterocycles. The van der Waals surface area contributed by atoms with Crippen LogP contribution in [0.25, 0.3) is 0 Å². The molecule has 1 atom stereocenters. The number of rotatable bonds is 5. The molecule has 2 saturated carbocycles. The van der Waals surface area contributed by atoms with Gasteiger partial charge in [-0.3, -0.25) is 0 Å². The summed E-state index contributed by atoms with van der Waals surface area (Å²) in [5, 5.41) is 10.0. The van der Waals surface area contributed by atoms with Gasteiger partial charge in [-0.15, -0.1) is 0 Å². The van der Waals surface area contributed by atoms with Crippen molar-refractivity contribution >= 4 is 0 Å². The van der Waals surface area contributed by atoms with Crippen LogP contribution in [0.1, 0.15) is 56.6 Å². The number of aromatic nitrogens is 1. The van der Waals surface area contributed by atoms with Crippen molar-refractivity contribution in [2.75, 3.05) is 0 Å². The molecular formula is C15H23NO. The van der Waals surface area contributed by atoms with Crippen molar-refractivity contribution in [2.24, 2.45) is 11.8 Å². The van der Waals surface area contributed by atoms with E-state index >= 15 is 0 Å². The Balaban J connectivity index is 1.52. The predicted molar refractivity (Wildman–Crippen MR) is 68.7 cm³/mol. The first-order valence-electron chi connectivity index (χ1n) is 7.16. The lowest BCUT2D eigenvalue weighted by Gasteiger charge is -2.09. The maximum absolute atomic E-state index is 10.0. The fraction of sp³-hybridized carbons (Fsp3) is 0.733. The standard InChI is InChI=1S/C15H23NO/c17-15(13-5-6-13)14-8-10-16(11-14)9-7-12-3-1-2-4-12/h8,10-13,15,17H,1-7,9H2. The van der Waals surface area contributed by atoms with Crippen molar-refractivity contribution in [3.05, 3.63) is 24.0 Å². The first-order chi connectivity index (χ1) is 8.33. The van der Waals surface area contributed by atoms with Crippen LogP contribution in [0, 0.1) is 11.8 Å². The molecule has 2 nitrogen and oxygen atoms in total. The molecule has 3 rings (SSSR count). The largest absolute Gasteiger partial charge is 0.388 e. The van der Waals surface area contributed by atoms with Gasteiger partial charge in [0.05, 0.1) is 6.10 Å². The zero-order valence-electron chi connectivity index (χ0n) is 10.5. The lowest BCUT2D eigenvalue weighted by Crippen LogP contribution is -2.02. The quantitative estimate of drug-likeness (QED) is 0.827. The average Bonchev–Trinajstić information content (AvgIpc) is 2.88. The number of aryl methyl sites for hydroxylation is 1. The highest BCUT2D eigenvalue weighted by atomic mass is 16.3. The highest BCUT2D eigenvalue weighted by Gasteiger charge is 2.31. The average molecular weight is 233 g/mol. The van der Waals surface area contributed by atoms with Crippen LogP contribution in [-0.2, 0) is 6.54 Å². The fourth-order valence-electron chi connectivity index (χ4n) is 3.09. The van der Waals surface area contributed by atoms with E-state index in [0.717, 1.165) is 18.0 Å². The van der Waals surface area contributed by atoms with Crippen LogP contribution < -0.4 is 0 Å². The molecule has 0 bridgehead atoms. The van der Waals surface area contributed by atoms with Crippen molar-refractivity contribution in [2.45, 2.75) is 57.6 Å². The van der Waals surface area contributed by atoms with Gasteiger partial charge in [0, 0.05) is 18.9 Å². The van der Waals surface area contributed by atoms with Gasteiger partial charge in [-0.05, 0) is 42.7 Å². The summed E-state index contributed by atoms with van der Waals surface area (Å²) in [5.41, 5.74) is 1.12. The molecule has 0 amide bonds. The van der Waals surface area contributed by atoms with Crippen molar-refractivity contribution in [1.29, 1.82) is 0 Å². The van der Waals surface area contributed by atoms with Crippen molar-refractivity contribution in [3.63, 3.8) is 0 Å². The molecule has 0 saturated heterocycles. The number of aliphatic hydroxyl groups is 1. The molecule has 0 aliphatic heterocycles. The lowest BCUT2D eigenvalue weighted by atomic mass is 10.0. The molecule has 94 valence electrons. The molecule has 0 spiro atoms. The third-order valence-electron chi connectivity index (χ3n) is 4.45. The van der Waals surface area contributed by atoms with Crippen molar-refractivity contribution < 1.29 is 5.11 Å². The van der Waals surface area contributed by atoms with E-state index < -0.39 is 0 Å². The fourth-order valence-corrected chi connectivity index (χ4v) is 3.09. The first-order valence-corrected chi connectivity index (χ1v) is 7.16. The predicted octanol–water partition coefficient (Wildman–Crippen LogP) is 3.51. The van der Waals surface area contributed by atoms with Crippen LogP contribution in [0.2, 0.25) is 0 Å². The zero-order valence-corrected chi connectivity index (χ0v) is 10.5. The highest BCUT2D eigenvalue weighted by molar-refractivity contribution is 5.16. The second-order valence-electron chi connectivity index (χ2n) is 5.90. The maximum Gasteiger partial charge on any atom is 0.0832 e. The lowest BCUT2D eigenvalue weighted by molar-refractivity contribution is 0.154. The van der Waals surface area contributed by atoms with E-state index in [1.54, 1.807) is 0 Å². The minimum absolute atomic E-state index is 0.206. The molecule has 2 heteroatoms. The number of hydrogen-bond donors (Lipinski definition) is 1.